The first-order valence-electron chi connectivity index (χ1n) is 12.6. The van der Waals surface area contributed by atoms with Gasteiger partial charge in [-0.2, -0.15) is 0 Å². The van der Waals surface area contributed by atoms with Gasteiger partial charge < -0.3 is 9.88 Å². The number of imidazole rings is 1. The normalized spacial score (nSPS) is 12.2. The largest absolute Gasteiger partial charge is 0.342 e. The first kappa shape index (κ1) is 25.3. The molecule has 0 fully saturated rings. The number of hydrogen-bond donors (Lipinski definition) is 1. The molecule has 33 heavy (non-hydrogen) atoms. The number of aromatic nitrogens is 2. The third-order valence-electron chi connectivity index (χ3n) is 6.27. The number of aryl methyl sites for hydroxylation is 1. The number of fused-ring (bicyclic) bond motifs is 1. The van der Waals surface area contributed by atoms with E-state index in [4.69, 9.17) is 16.6 Å². The second-order valence-electron chi connectivity index (χ2n) is 8.97. The second-order valence-corrected chi connectivity index (χ2v) is 9.37. The fraction of sp³-hybridized carbons (Fsp3) is 0.500. The van der Waals surface area contributed by atoms with Crippen LogP contribution in [0.3, 0.4) is 0 Å². The summed E-state index contributed by atoms with van der Waals surface area (Å²) in [6, 6.07) is 15.1. The van der Waals surface area contributed by atoms with Crippen molar-refractivity contribution in [1.82, 2.24) is 14.9 Å². The van der Waals surface area contributed by atoms with Crippen molar-refractivity contribution >= 4 is 28.5 Å². The summed E-state index contributed by atoms with van der Waals surface area (Å²) in [6.07, 6.45) is 13.1. The number of nitrogens with zero attached hydrogens (tertiary/aromatic N) is 2. The van der Waals surface area contributed by atoms with E-state index in [1.165, 1.54) is 57.8 Å². The Bertz CT molecular complexity index is 1010. The molecule has 3 rings (SSSR count). The zero-order valence-electron chi connectivity index (χ0n) is 20.2. The van der Waals surface area contributed by atoms with Crippen molar-refractivity contribution in [2.75, 3.05) is 0 Å². The van der Waals surface area contributed by atoms with Gasteiger partial charge in [0.2, 0.25) is 0 Å². The molecule has 0 radical (unpaired) electrons. The third-order valence-corrected chi connectivity index (χ3v) is 6.60. The van der Waals surface area contributed by atoms with Crippen LogP contribution in [0.4, 0.5) is 0 Å². The van der Waals surface area contributed by atoms with Crippen molar-refractivity contribution in [3.8, 4) is 0 Å². The Hall–Kier alpha value is -2.33. The lowest BCUT2D eigenvalue weighted by Crippen LogP contribution is -2.29. The Kier molecular flexibility index (Phi) is 10.3. The number of carbonyl (C=O) groups is 1. The Morgan fingerprint density at radius 1 is 0.909 bits per heavy atom. The second kappa shape index (κ2) is 13.4. The molecule has 1 unspecified atom stereocenters. The van der Waals surface area contributed by atoms with Crippen LogP contribution < -0.4 is 5.32 Å². The van der Waals surface area contributed by atoms with Crippen molar-refractivity contribution < 1.29 is 4.79 Å². The number of carbonyl (C=O) groups excluding carboxylic acids is 1. The predicted molar refractivity (Wildman–Crippen MR) is 139 cm³/mol. The molecular formula is C28H38ClN3O. The minimum absolute atomic E-state index is 0.175. The number of nitrogens with one attached hydrogen (secondary N) is 1. The monoisotopic (exact) mass is 467 g/mol. The molecular weight excluding hydrogens is 430 g/mol. The number of benzene rings is 2. The molecule has 4 nitrogen and oxygen atoms in total. The SMILES string of the molecule is CCCCCCCCCCCCn1c(C(C)NC(=O)c2ccccc2Cl)nc2ccccc21. The molecule has 0 aliphatic rings. The highest BCUT2D eigenvalue weighted by Crippen LogP contribution is 2.23. The maximum Gasteiger partial charge on any atom is 0.253 e. The highest BCUT2D eigenvalue weighted by Gasteiger charge is 2.19. The Morgan fingerprint density at radius 2 is 1.52 bits per heavy atom. The Labute approximate surface area is 203 Å². The molecule has 0 aliphatic heterocycles. The van der Waals surface area contributed by atoms with Crippen molar-refractivity contribution in [2.24, 2.45) is 0 Å². The maximum absolute atomic E-state index is 12.8. The summed E-state index contributed by atoms with van der Waals surface area (Å²) in [7, 11) is 0. The molecule has 1 amide bonds. The fourth-order valence-corrected chi connectivity index (χ4v) is 4.62. The molecule has 0 bridgehead atoms. The molecule has 2 aromatic carbocycles. The summed E-state index contributed by atoms with van der Waals surface area (Å²) < 4.78 is 2.28. The number of hydrogen-bond acceptors (Lipinski definition) is 2. The number of para-hydroxylation sites is 2. The van der Waals surface area contributed by atoms with Crippen LogP contribution >= 0.6 is 11.6 Å². The lowest BCUT2D eigenvalue weighted by atomic mass is 10.1. The van der Waals surface area contributed by atoms with Crippen LogP contribution in [0, 0.1) is 0 Å². The van der Waals surface area contributed by atoms with Gasteiger partial charge in [-0.25, -0.2) is 4.98 Å². The van der Waals surface area contributed by atoms with Crippen LogP contribution in [0.2, 0.25) is 5.02 Å². The van der Waals surface area contributed by atoms with E-state index in [1.807, 2.05) is 31.2 Å². The summed E-state index contributed by atoms with van der Waals surface area (Å²) in [5.74, 6) is 0.721. The first-order chi connectivity index (χ1) is 16.1. The van der Waals surface area contributed by atoms with Gasteiger partial charge in [-0.15, -0.1) is 0 Å². The van der Waals surface area contributed by atoms with E-state index in [0.717, 1.165) is 29.8 Å². The van der Waals surface area contributed by atoms with Crippen molar-refractivity contribution in [3.05, 3.63) is 64.9 Å². The van der Waals surface area contributed by atoms with Crippen LogP contribution in [-0.2, 0) is 6.54 Å². The molecule has 1 atom stereocenters. The summed E-state index contributed by atoms with van der Waals surface area (Å²) in [5.41, 5.74) is 2.59. The number of amides is 1. The van der Waals surface area contributed by atoms with Gasteiger partial charge in [0.25, 0.3) is 5.91 Å². The molecule has 178 valence electrons. The molecule has 0 spiro atoms. The van der Waals surface area contributed by atoms with Gasteiger partial charge >= 0.3 is 0 Å². The molecule has 1 aromatic heterocycles. The van der Waals surface area contributed by atoms with Crippen molar-refractivity contribution in [3.63, 3.8) is 0 Å². The van der Waals surface area contributed by atoms with E-state index in [1.54, 1.807) is 12.1 Å². The molecule has 5 heteroatoms. The number of unbranched alkanes of at least 4 members (excludes halogenated alkanes) is 9. The van der Waals surface area contributed by atoms with Crippen molar-refractivity contribution in [1.29, 1.82) is 0 Å². The molecule has 0 saturated heterocycles. The Balaban J connectivity index is 1.57. The van der Waals surface area contributed by atoms with Crippen LogP contribution in [0.25, 0.3) is 11.0 Å². The summed E-state index contributed by atoms with van der Waals surface area (Å²) in [6.45, 7) is 5.17. The van der Waals surface area contributed by atoms with Gasteiger partial charge in [-0.05, 0) is 37.6 Å². The van der Waals surface area contributed by atoms with Gasteiger partial charge in [0.15, 0.2) is 0 Å². The van der Waals surface area contributed by atoms with Crippen LogP contribution in [-0.4, -0.2) is 15.5 Å². The van der Waals surface area contributed by atoms with E-state index in [2.05, 4.69) is 28.9 Å². The highest BCUT2D eigenvalue weighted by atomic mass is 35.5. The van der Waals surface area contributed by atoms with E-state index >= 15 is 0 Å². The lowest BCUT2D eigenvalue weighted by molar-refractivity contribution is 0.0938. The highest BCUT2D eigenvalue weighted by molar-refractivity contribution is 6.33. The van der Waals surface area contributed by atoms with E-state index < -0.39 is 0 Å². The first-order valence-corrected chi connectivity index (χ1v) is 13.0. The molecule has 0 aliphatic carbocycles. The zero-order valence-corrected chi connectivity index (χ0v) is 20.9. The van der Waals surface area contributed by atoms with Crippen LogP contribution in [0.1, 0.15) is 100 Å². The van der Waals surface area contributed by atoms with Crippen LogP contribution in [0.15, 0.2) is 48.5 Å². The summed E-state index contributed by atoms with van der Waals surface area (Å²) in [4.78, 5) is 17.6. The molecule has 0 saturated carbocycles. The minimum Gasteiger partial charge on any atom is -0.342 e. The molecule has 1 N–H and O–H groups in total. The molecule has 3 aromatic rings. The molecule has 1 heterocycles. The van der Waals surface area contributed by atoms with Gasteiger partial charge in [-0.1, -0.05) is 101 Å². The van der Waals surface area contributed by atoms with E-state index in [0.29, 0.717) is 10.6 Å². The number of rotatable bonds is 14. The zero-order chi connectivity index (χ0) is 23.5. The number of halogens is 1. The van der Waals surface area contributed by atoms with Crippen LogP contribution in [0.5, 0.6) is 0 Å². The third kappa shape index (κ3) is 7.33. The Morgan fingerprint density at radius 3 is 2.21 bits per heavy atom. The summed E-state index contributed by atoms with van der Waals surface area (Å²) in [5, 5.41) is 3.55. The van der Waals surface area contributed by atoms with Gasteiger partial charge in [-0.3, -0.25) is 4.79 Å². The maximum atomic E-state index is 12.8. The van der Waals surface area contributed by atoms with Crippen molar-refractivity contribution in [2.45, 2.75) is 90.6 Å². The summed E-state index contributed by atoms with van der Waals surface area (Å²) >= 11 is 6.21. The van der Waals surface area contributed by atoms with Gasteiger partial charge in [0.05, 0.1) is 27.7 Å². The average molecular weight is 468 g/mol. The smallest absolute Gasteiger partial charge is 0.253 e. The standard InChI is InChI=1S/C28H38ClN3O/c1-3-4-5-6-7-8-9-10-11-16-21-32-26-20-15-14-19-25(26)31-27(32)22(2)30-28(33)23-17-12-13-18-24(23)29/h12-15,17-20,22H,3-11,16,21H2,1-2H3,(H,30,33). The predicted octanol–water partition coefficient (Wildman–Crippen LogP) is 8.10. The van der Waals surface area contributed by atoms with Gasteiger partial charge in [0.1, 0.15) is 5.82 Å². The van der Waals surface area contributed by atoms with E-state index in [9.17, 15) is 4.79 Å². The quantitative estimate of drug-likeness (QED) is 0.243. The van der Waals surface area contributed by atoms with Gasteiger partial charge in [0, 0.05) is 6.54 Å². The average Bonchev–Trinajstić information content (AvgIpc) is 3.19. The fourth-order valence-electron chi connectivity index (χ4n) is 4.40. The van der Waals surface area contributed by atoms with E-state index in [-0.39, 0.29) is 11.9 Å². The minimum atomic E-state index is -0.218. The topological polar surface area (TPSA) is 46.9 Å². The lowest BCUT2D eigenvalue weighted by Gasteiger charge is -2.17.